The van der Waals surface area contributed by atoms with Gasteiger partial charge in [0.1, 0.15) is 17.1 Å². The van der Waals surface area contributed by atoms with Gasteiger partial charge in [0, 0.05) is 18.3 Å². The molecule has 0 bridgehead atoms. The number of halogens is 1. The van der Waals surface area contributed by atoms with Crippen molar-refractivity contribution in [3.05, 3.63) is 23.7 Å². The third-order valence-electron chi connectivity index (χ3n) is 5.77. The van der Waals surface area contributed by atoms with Crippen LogP contribution in [0.1, 0.15) is 52.5 Å². The number of hydrogen-bond donors (Lipinski definition) is 0. The molecule has 2 aromatic rings. The van der Waals surface area contributed by atoms with Crippen molar-refractivity contribution in [3.63, 3.8) is 0 Å². The van der Waals surface area contributed by atoms with Crippen molar-refractivity contribution in [2.45, 2.75) is 76.7 Å². The van der Waals surface area contributed by atoms with Crippen LogP contribution < -0.4 is 0 Å². The van der Waals surface area contributed by atoms with Crippen molar-refractivity contribution < 1.29 is 4.43 Å². The molecular formula is C18H28ClN3OSi. The number of aromatic nitrogens is 3. The molecule has 0 amide bonds. The highest BCUT2D eigenvalue weighted by molar-refractivity contribution is 6.74. The minimum Gasteiger partial charge on any atom is -0.414 e. The van der Waals surface area contributed by atoms with Crippen molar-refractivity contribution in [3.8, 4) is 0 Å². The topological polar surface area (TPSA) is 39.9 Å². The molecule has 0 radical (unpaired) electrons. The fourth-order valence-electron chi connectivity index (χ4n) is 3.27. The van der Waals surface area contributed by atoms with Crippen molar-refractivity contribution in [1.82, 2.24) is 14.5 Å². The van der Waals surface area contributed by atoms with Crippen LogP contribution in [0.25, 0.3) is 11.0 Å². The molecule has 0 aromatic carbocycles. The molecule has 0 atom stereocenters. The van der Waals surface area contributed by atoms with Gasteiger partial charge in [-0.05, 0) is 49.9 Å². The van der Waals surface area contributed by atoms with E-state index in [9.17, 15) is 0 Å². The molecule has 1 saturated carbocycles. The van der Waals surface area contributed by atoms with Crippen LogP contribution in [0.15, 0.2) is 18.6 Å². The fourth-order valence-corrected chi connectivity index (χ4v) is 4.88. The van der Waals surface area contributed by atoms with Gasteiger partial charge in [0.25, 0.3) is 0 Å². The Morgan fingerprint density at radius 2 is 1.83 bits per heavy atom. The van der Waals surface area contributed by atoms with E-state index in [1.165, 1.54) is 0 Å². The van der Waals surface area contributed by atoms with Crippen molar-refractivity contribution in [2.24, 2.45) is 0 Å². The van der Waals surface area contributed by atoms with E-state index in [1.54, 1.807) is 6.33 Å². The minimum absolute atomic E-state index is 0.272. The van der Waals surface area contributed by atoms with Crippen LogP contribution in [0, 0.1) is 0 Å². The second kappa shape index (κ2) is 6.43. The number of nitrogens with zero attached hydrogens (tertiary/aromatic N) is 3. The molecule has 4 nitrogen and oxygen atoms in total. The molecule has 2 aromatic heterocycles. The summed E-state index contributed by atoms with van der Waals surface area (Å²) in [7, 11) is -1.68. The SMILES string of the molecule is CC(C)(C)[Si](C)(C)O[C@H]1CC[C@H](n2ccc3c(Cl)ncnc32)CC1. The van der Waals surface area contributed by atoms with Crippen LogP contribution >= 0.6 is 11.6 Å². The maximum atomic E-state index is 6.60. The maximum absolute atomic E-state index is 6.60. The molecule has 2 heterocycles. The van der Waals surface area contributed by atoms with Gasteiger partial charge >= 0.3 is 0 Å². The molecule has 3 rings (SSSR count). The number of rotatable bonds is 3. The lowest BCUT2D eigenvalue weighted by Gasteiger charge is -2.41. The van der Waals surface area contributed by atoms with Crippen LogP contribution in [0.2, 0.25) is 23.3 Å². The second-order valence-corrected chi connectivity index (χ2v) is 13.5. The highest BCUT2D eigenvalue weighted by Gasteiger charge is 2.40. The first-order chi connectivity index (χ1) is 11.2. The third kappa shape index (κ3) is 3.39. The van der Waals surface area contributed by atoms with Gasteiger partial charge in [-0.15, -0.1) is 0 Å². The fraction of sp³-hybridized carbons (Fsp3) is 0.667. The third-order valence-corrected chi connectivity index (χ3v) is 10.6. The lowest BCUT2D eigenvalue weighted by Crippen LogP contribution is -2.44. The molecule has 24 heavy (non-hydrogen) atoms. The summed E-state index contributed by atoms with van der Waals surface area (Å²) in [6, 6.07) is 2.50. The lowest BCUT2D eigenvalue weighted by molar-refractivity contribution is 0.119. The number of hydrogen-bond acceptors (Lipinski definition) is 3. The molecule has 0 aliphatic heterocycles. The van der Waals surface area contributed by atoms with Gasteiger partial charge in [0.05, 0.1) is 5.39 Å². The summed E-state index contributed by atoms with van der Waals surface area (Å²) < 4.78 is 8.87. The lowest BCUT2D eigenvalue weighted by atomic mass is 9.93. The molecule has 0 unspecified atom stereocenters. The Balaban J connectivity index is 1.68. The predicted molar refractivity (Wildman–Crippen MR) is 102 cm³/mol. The van der Waals surface area contributed by atoms with Crippen LogP contribution in [0.4, 0.5) is 0 Å². The first-order valence-electron chi connectivity index (χ1n) is 8.84. The van der Waals surface area contributed by atoms with Crippen molar-refractivity contribution in [2.75, 3.05) is 0 Å². The summed E-state index contributed by atoms with van der Waals surface area (Å²) in [5.41, 5.74) is 0.948. The van der Waals surface area contributed by atoms with E-state index in [0.717, 1.165) is 36.7 Å². The van der Waals surface area contributed by atoms with Gasteiger partial charge in [0.15, 0.2) is 8.32 Å². The summed E-state index contributed by atoms with van der Waals surface area (Å²) >= 11 is 6.17. The molecule has 0 spiro atoms. The molecule has 0 N–H and O–H groups in total. The Morgan fingerprint density at radius 3 is 2.46 bits per heavy atom. The van der Waals surface area contributed by atoms with E-state index in [0.29, 0.717) is 17.3 Å². The Morgan fingerprint density at radius 1 is 1.17 bits per heavy atom. The molecule has 1 aliphatic rings. The van der Waals surface area contributed by atoms with Crippen LogP contribution in [-0.4, -0.2) is 29.0 Å². The van der Waals surface area contributed by atoms with E-state index < -0.39 is 8.32 Å². The van der Waals surface area contributed by atoms with E-state index in [4.69, 9.17) is 16.0 Å². The normalized spacial score (nSPS) is 22.9. The van der Waals surface area contributed by atoms with Gasteiger partial charge in [-0.3, -0.25) is 0 Å². The molecule has 132 valence electrons. The Bertz CT molecular complexity index is 715. The van der Waals surface area contributed by atoms with Crippen molar-refractivity contribution >= 4 is 31.0 Å². The van der Waals surface area contributed by atoms with E-state index >= 15 is 0 Å². The van der Waals surface area contributed by atoms with E-state index in [2.05, 4.69) is 54.6 Å². The van der Waals surface area contributed by atoms with Gasteiger partial charge in [-0.2, -0.15) is 0 Å². The highest BCUT2D eigenvalue weighted by atomic mass is 35.5. The zero-order chi connectivity index (χ0) is 17.5. The average molecular weight is 366 g/mol. The van der Waals surface area contributed by atoms with E-state index in [-0.39, 0.29) is 5.04 Å². The number of fused-ring (bicyclic) bond motifs is 1. The standard InChI is InChI=1S/C18H28ClN3OSi/c1-18(2,3)24(4,5)23-14-8-6-13(7-9-14)22-11-10-15-16(19)20-12-21-17(15)22/h10-14H,6-9H2,1-5H3/t13-,14-. The Labute approximate surface area is 150 Å². The summed E-state index contributed by atoms with van der Waals surface area (Å²) in [6.45, 7) is 11.6. The summed E-state index contributed by atoms with van der Waals surface area (Å²) in [5.74, 6) is 0. The highest BCUT2D eigenvalue weighted by Crippen LogP contribution is 2.40. The average Bonchev–Trinajstić information content (AvgIpc) is 2.92. The van der Waals surface area contributed by atoms with Crippen LogP contribution in [0.3, 0.4) is 0 Å². The van der Waals surface area contributed by atoms with Crippen LogP contribution in [0.5, 0.6) is 0 Å². The summed E-state index contributed by atoms with van der Waals surface area (Å²) in [5, 5.41) is 1.75. The first kappa shape index (κ1) is 17.9. The van der Waals surface area contributed by atoms with E-state index in [1.807, 2.05) is 6.07 Å². The maximum Gasteiger partial charge on any atom is 0.192 e. The smallest absolute Gasteiger partial charge is 0.192 e. The largest absolute Gasteiger partial charge is 0.414 e. The van der Waals surface area contributed by atoms with Gasteiger partial charge in [0.2, 0.25) is 0 Å². The second-order valence-electron chi connectivity index (χ2n) is 8.43. The molecule has 6 heteroatoms. The first-order valence-corrected chi connectivity index (χ1v) is 12.1. The van der Waals surface area contributed by atoms with Gasteiger partial charge in [-0.25, -0.2) is 9.97 Å². The van der Waals surface area contributed by atoms with Gasteiger partial charge < -0.3 is 8.99 Å². The molecular weight excluding hydrogens is 338 g/mol. The zero-order valence-corrected chi connectivity index (χ0v) is 17.1. The monoisotopic (exact) mass is 365 g/mol. The summed E-state index contributed by atoms with van der Waals surface area (Å²) in [6.07, 6.45) is 8.56. The molecule has 1 fully saturated rings. The van der Waals surface area contributed by atoms with Crippen molar-refractivity contribution in [1.29, 1.82) is 0 Å². The molecule has 1 aliphatic carbocycles. The van der Waals surface area contributed by atoms with Gasteiger partial charge in [-0.1, -0.05) is 32.4 Å². The minimum atomic E-state index is -1.68. The summed E-state index contributed by atoms with van der Waals surface area (Å²) in [4.78, 5) is 8.50. The Hall–Kier alpha value is -0.913. The quantitative estimate of drug-likeness (QED) is 0.525. The predicted octanol–water partition coefficient (Wildman–Crippen LogP) is 5.59. The zero-order valence-electron chi connectivity index (χ0n) is 15.3. The van der Waals surface area contributed by atoms with Crippen LogP contribution in [-0.2, 0) is 4.43 Å². The Kier molecular flexibility index (Phi) is 4.79. The molecule has 0 saturated heterocycles.